The van der Waals surface area contributed by atoms with Crippen molar-refractivity contribution in [3.63, 3.8) is 0 Å². The van der Waals surface area contributed by atoms with E-state index >= 15 is 0 Å². The molecule has 0 N–H and O–H groups in total. The van der Waals surface area contributed by atoms with Crippen molar-refractivity contribution < 1.29 is 0 Å². The molecule has 0 saturated carbocycles. The zero-order valence-corrected chi connectivity index (χ0v) is 20.2. The Morgan fingerprint density at radius 1 is 0.567 bits per heavy atom. The molecule has 0 aromatic heterocycles. The molecular formula is C30H38. The van der Waals surface area contributed by atoms with Crippen LogP contribution in [0, 0.1) is 39.5 Å². The lowest BCUT2D eigenvalue weighted by atomic mass is 9.78. The third-order valence-electron chi connectivity index (χ3n) is 7.65. The minimum atomic E-state index is 0.572. The minimum Gasteiger partial charge on any atom is -0.0595 e. The summed E-state index contributed by atoms with van der Waals surface area (Å²) in [6.45, 7) is 18.6. The van der Waals surface area contributed by atoms with Gasteiger partial charge in [-0.15, -0.1) is 0 Å². The number of hydrogen-bond acceptors (Lipinski definition) is 0. The molecule has 0 amide bonds. The quantitative estimate of drug-likeness (QED) is 0.472. The first-order valence-corrected chi connectivity index (χ1v) is 11.8. The summed E-state index contributed by atoms with van der Waals surface area (Å²) in [5.74, 6) is 2.34. The Bertz CT molecular complexity index is 957. The van der Waals surface area contributed by atoms with E-state index in [1.807, 2.05) is 0 Å². The van der Waals surface area contributed by atoms with Crippen molar-refractivity contribution in [3.05, 3.63) is 79.9 Å². The highest BCUT2D eigenvalue weighted by atomic mass is 14.4. The molecule has 2 atom stereocenters. The smallest absolute Gasteiger partial charge is 0.00630 e. The van der Waals surface area contributed by atoms with Crippen molar-refractivity contribution >= 4 is 12.2 Å². The van der Waals surface area contributed by atoms with Gasteiger partial charge in [-0.2, -0.15) is 0 Å². The Labute approximate surface area is 184 Å². The fraction of sp³-hybridized carbons (Fsp3) is 0.467. The molecule has 2 aliphatic carbocycles. The Hall–Kier alpha value is -2.08. The predicted octanol–water partition coefficient (Wildman–Crippen LogP) is 8.67. The Morgan fingerprint density at radius 2 is 0.900 bits per heavy atom. The summed E-state index contributed by atoms with van der Waals surface area (Å²) in [6.07, 6.45) is 7.51. The van der Waals surface area contributed by atoms with E-state index in [0.717, 1.165) is 0 Å². The number of aryl methyl sites for hydroxylation is 4. The molecule has 2 aromatic rings. The maximum atomic E-state index is 2.52. The summed E-state index contributed by atoms with van der Waals surface area (Å²) in [6, 6.07) is 9.25. The number of benzene rings is 2. The maximum absolute atomic E-state index is 2.52. The van der Waals surface area contributed by atoms with Gasteiger partial charge in [-0.1, -0.05) is 75.3 Å². The second-order valence-corrected chi connectivity index (χ2v) is 10.3. The van der Waals surface area contributed by atoms with Crippen LogP contribution in [-0.2, 0) is 0 Å². The molecule has 0 saturated heterocycles. The first-order chi connectivity index (χ1) is 14.2. The molecule has 4 rings (SSSR count). The molecule has 0 heterocycles. The van der Waals surface area contributed by atoms with Crippen LogP contribution in [0.1, 0.15) is 96.9 Å². The summed E-state index contributed by atoms with van der Waals surface area (Å²) < 4.78 is 0. The topological polar surface area (TPSA) is 0 Å². The van der Waals surface area contributed by atoms with E-state index in [2.05, 4.69) is 91.8 Å². The van der Waals surface area contributed by atoms with Crippen LogP contribution >= 0.6 is 0 Å². The summed E-state index contributed by atoms with van der Waals surface area (Å²) >= 11 is 0. The second kappa shape index (κ2) is 7.88. The van der Waals surface area contributed by atoms with Gasteiger partial charge in [-0.3, -0.25) is 0 Å². The Balaban J connectivity index is 1.70. The van der Waals surface area contributed by atoms with Crippen molar-refractivity contribution in [1.82, 2.24) is 0 Å². The highest BCUT2D eigenvalue weighted by Crippen LogP contribution is 2.50. The molecule has 2 aromatic carbocycles. The lowest BCUT2D eigenvalue weighted by Gasteiger charge is -2.26. The van der Waals surface area contributed by atoms with Crippen LogP contribution in [0.5, 0.6) is 0 Å². The molecule has 158 valence electrons. The molecule has 0 nitrogen and oxygen atoms in total. The van der Waals surface area contributed by atoms with Gasteiger partial charge in [-0.25, -0.2) is 0 Å². The van der Waals surface area contributed by atoms with Gasteiger partial charge >= 0.3 is 0 Å². The SMILES string of the molecule is Cc1ccc(C)c2c1C=C(C(C)C)C2CCC1C(C(C)C)=Cc2c(C)ccc(C)c21. The van der Waals surface area contributed by atoms with Gasteiger partial charge in [-0.05, 0) is 96.9 Å². The molecule has 0 heteroatoms. The van der Waals surface area contributed by atoms with E-state index in [4.69, 9.17) is 0 Å². The molecule has 0 fully saturated rings. The zero-order valence-electron chi connectivity index (χ0n) is 20.2. The summed E-state index contributed by atoms with van der Waals surface area (Å²) in [5, 5.41) is 0. The van der Waals surface area contributed by atoms with Crippen LogP contribution in [0.15, 0.2) is 35.4 Å². The highest BCUT2D eigenvalue weighted by Gasteiger charge is 2.33. The van der Waals surface area contributed by atoms with E-state index < -0.39 is 0 Å². The third-order valence-corrected chi connectivity index (χ3v) is 7.65. The van der Waals surface area contributed by atoms with Crippen LogP contribution in [0.2, 0.25) is 0 Å². The van der Waals surface area contributed by atoms with Crippen molar-refractivity contribution in [2.75, 3.05) is 0 Å². The predicted molar refractivity (Wildman–Crippen MR) is 132 cm³/mol. The van der Waals surface area contributed by atoms with Gasteiger partial charge in [0.25, 0.3) is 0 Å². The van der Waals surface area contributed by atoms with Crippen molar-refractivity contribution in [2.24, 2.45) is 11.8 Å². The Kier molecular flexibility index (Phi) is 5.56. The van der Waals surface area contributed by atoms with Crippen LogP contribution in [0.25, 0.3) is 12.2 Å². The zero-order chi connectivity index (χ0) is 21.7. The van der Waals surface area contributed by atoms with Gasteiger partial charge in [0.2, 0.25) is 0 Å². The molecule has 0 radical (unpaired) electrons. The minimum absolute atomic E-state index is 0.572. The summed E-state index contributed by atoms with van der Waals surface area (Å²) in [7, 11) is 0. The van der Waals surface area contributed by atoms with E-state index in [1.54, 1.807) is 22.3 Å². The highest BCUT2D eigenvalue weighted by molar-refractivity contribution is 5.72. The van der Waals surface area contributed by atoms with Crippen LogP contribution in [0.3, 0.4) is 0 Å². The number of allylic oxidation sites excluding steroid dienone is 2. The van der Waals surface area contributed by atoms with Crippen molar-refractivity contribution in [1.29, 1.82) is 0 Å². The molecule has 30 heavy (non-hydrogen) atoms. The van der Waals surface area contributed by atoms with E-state index in [0.29, 0.717) is 23.7 Å². The van der Waals surface area contributed by atoms with Crippen LogP contribution < -0.4 is 0 Å². The first kappa shape index (κ1) is 21.2. The summed E-state index contributed by atoms with van der Waals surface area (Å²) in [4.78, 5) is 0. The average molecular weight is 399 g/mol. The molecular weight excluding hydrogens is 360 g/mol. The number of fused-ring (bicyclic) bond motifs is 2. The second-order valence-electron chi connectivity index (χ2n) is 10.3. The van der Waals surface area contributed by atoms with Crippen molar-refractivity contribution in [3.8, 4) is 0 Å². The standard InChI is InChI=1S/C30H38/c1-17(2)25-15-27-19(5)9-11-21(7)29(27)23(25)13-14-24-26(18(3)4)16-28-20(6)10-12-22(8)30(24)28/h9-12,15-18,23-24H,13-14H2,1-8H3. The van der Waals surface area contributed by atoms with E-state index in [-0.39, 0.29) is 0 Å². The van der Waals surface area contributed by atoms with E-state index in [1.165, 1.54) is 46.2 Å². The lowest BCUT2D eigenvalue weighted by molar-refractivity contribution is 0.547. The molecule has 2 unspecified atom stereocenters. The molecule has 0 spiro atoms. The largest absolute Gasteiger partial charge is 0.0595 e. The van der Waals surface area contributed by atoms with Crippen LogP contribution in [0.4, 0.5) is 0 Å². The maximum Gasteiger partial charge on any atom is 0.00630 e. The van der Waals surface area contributed by atoms with Gasteiger partial charge < -0.3 is 0 Å². The van der Waals surface area contributed by atoms with Gasteiger partial charge in [0.1, 0.15) is 0 Å². The van der Waals surface area contributed by atoms with Crippen LogP contribution in [-0.4, -0.2) is 0 Å². The van der Waals surface area contributed by atoms with Gasteiger partial charge in [0, 0.05) is 11.8 Å². The fourth-order valence-corrected chi connectivity index (χ4v) is 5.98. The van der Waals surface area contributed by atoms with Crippen molar-refractivity contribution in [2.45, 2.75) is 80.1 Å². The average Bonchev–Trinajstić information content (AvgIpc) is 3.26. The number of hydrogen-bond donors (Lipinski definition) is 0. The van der Waals surface area contributed by atoms with Gasteiger partial charge in [0.05, 0.1) is 0 Å². The molecule has 0 aliphatic heterocycles. The Morgan fingerprint density at radius 3 is 1.23 bits per heavy atom. The monoisotopic (exact) mass is 398 g/mol. The van der Waals surface area contributed by atoms with Gasteiger partial charge in [0.15, 0.2) is 0 Å². The molecule has 0 bridgehead atoms. The first-order valence-electron chi connectivity index (χ1n) is 11.8. The summed E-state index contributed by atoms with van der Waals surface area (Å²) in [5.41, 5.74) is 15.3. The van der Waals surface area contributed by atoms with E-state index in [9.17, 15) is 0 Å². The molecule has 2 aliphatic rings. The third kappa shape index (κ3) is 3.39. The normalized spacial score (nSPS) is 19.9. The lowest BCUT2D eigenvalue weighted by Crippen LogP contribution is -2.11. The number of rotatable bonds is 5. The fourth-order valence-electron chi connectivity index (χ4n) is 5.98.